The highest BCUT2D eigenvalue weighted by Crippen LogP contribution is 2.35. The molecule has 0 fully saturated rings. The normalized spacial score (nSPS) is 11.2. The van der Waals surface area contributed by atoms with Crippen molar-refractivity contribution in [2.45, 2.75) is 79.1 Å². The van der Waals surface area contributed by atoms with Gasteiger partial charge in [-0.1, -0.05) is 87.0 Å². The van der Waals surface area contributed by atoms with Crippen LogP contribution in [0.5, 0.6) is 5.75 Å². The van der Waals surface area contributed by atoms with Crippen LogP contribution in [0.2, 0.25) is 0 Å². The lowest BCUT2D eigenvalue weighted by Gasteiger charge is -2.30. The van der Waals surface area contributed by atoms with E-state index in [-0.39, 0.29) is 26.4 Å². The zero-order valence-electron chi connectivity index (χ0n) is 29.8. The van der Waals surface area contributed by atoms with Gasteiger partial charge in [-0.05, 0) is 105 Å². The van der Waals surface area contributed by atoms with Crippen molar-refractivity contribution >= 4 is 11.9 Å². The standard InChI is InChI=1S/C42H54O7/c1-7-8-21-42(28-43,29-44)22-25-47-39-36(11-9-23-48-40(45)30(2)3)26-38(27-37(39)12-10-24-49-41(46)31(4)5)35-19-17-34(18-20-35)33-15-13-32(6)14-16-33/h13-20,26-27,43-44H,2,4,7-12,21-25,28-29H2,1,3,5-6H3. The van der Waals surface area contributed by atoms with E-state index in [0.717, 1.165) is 52.0 Å². The number of carbonyl (C=O) groups is 2. The molecule has 3 aromatic rings. The second-order valence-electron chi connectivity index (χ2n) is 13.1. The van der Waals surface area contributed by atoms with E-state index in [2.05, 4.69) is 87.7 Å². The zero-order chi connectivity index (χ0) is 35.8. The Labute approximate surface area is 292 Å². The quantitative estimate of drug-likeness (QED) is 0.0667. The molecule has 0 heterocycles. The maximum Gasteiger partial charge on any atom is 0.333 e. The van der Waals surface area contributed by atoms with Gasteiger partial charge in [-0.2, -0.15) is 0 Å². The van der Waals surface area contributed by atoms with Crippen LogP contribution >= 0.6 is 0 Å². The number of aryl methyl sites for hydroxylation is 3. The highest BCUT2D eigenvalue weighted by Gasteiger charge is 2.28. The van der Waals surface area contributed by atoms with Gasteiger partial charge in [0, 0.05) is 16.6 Å². The van der Waals surface area contributed by atoms with Crippen LogP contribution in [0.15, 0.2) is 85.0 Å². The number of benzene rings is 3. The van der Waals surface area contributed by atoms with E-state index < -0.39 is 17.4 Å². The fourth-order valence-corrected chi connectivity index (χ4v) is 5.59. The lowest BCUT2D eigenvalue weighted by molar-refractivity contribution is -0.139. The average Bonchev–Trinajstić information content (AvgIpc) is 3.10. The number of ether oxygens (including phenoxy) is 3. The van der Waals surface area contributed by atoms with Crippen LogP contribution in [-0.2, 0) is 31.9 Å². The summed E-state index contributed by atoms with van der Waals surface area (Å²) >= 11 is 0. The molecule has 0 unspecified atom stereocenters. The van der Waals surface area contributed by atoms with E-state index >= 15 is 0 Å². The second kappa shape index (κ2) is 19.7. The third-order valence-electron chi connectivity index (χ3n) is 8.80. The number of carbonyl (C=O) groups excluding carboxylic acids is 2. The minimum absolute atomic E-state index is 0.119. The van der Waals surface area contributed by atoms with E-state index in [1.807, 2.05) is 0 Å². The fraction of sp³-hybridized carbons (Fsp3) is 0.429. The number of unbranched alkanes of at least 4 members (excludes halogenated alkanes) is 1. The van der Waals surface area contributed by atoms with E-state index in [1.54, 1.807) is 13.8 Å². The maximum atomic E-state index is 12.0. The van der Waals surface area contributed by atoms with Crippen molar-refractivity contribution in [3.63, 3.8) is 0 Å². The van der Waals surface area contributed by atoms with Crippen molar-refractivity contribution in [3.8, 4) is 28.0 Å². The predicted molar refractivity (Wildman–Crippen MR) is 196 cm³/mol. The SMILES string of the molecule is C=C(C)C(=O)OCCCc1cc(-c2ccc(-c3ccc(C)cc3)cc2)cc(CCCOC(=O)C(=C)C)c1OCCC(CO)(CO)CCCC. The van der Waals surface area contributed by atoms with Crippen LogP contribution in [-0.4, -0.2) is 55.2 Å². The van der Waals surface area contributed by atoms with Crippen LogP contribution in [0.25, 0.3) is 22.3 Å². The molecular weight excluding hydrogens is 616 g/mol. The molecule has 0 saturated carbocycles. The number of aliphatic hydroxyl groups excluding tert-OH is 2. The molecule has 2 N–H and O–H groups in total. The molecule has 0 amide bonds. The smallest absolute Gasteiger partial charge is 0.333 e. The summed E-state index contributed by atoms with van der Waals surface area (Å²) in [5.41, 5.74) is 7.58. The number of esters is 2. The number of rotatable bonds is 21. The summed E-state index contributed by atoms with van der Waals surface area (Å²) in [6, 6.07) is 21.2. The topological polar surface area (TPSA) is 102 Å². The van der Waals surface area contributed by atoms with Crippen molar-refractivity contribution in [1.29, 1.82) is 0 Å². The highest BCUT2D eigenvalue weighted by atomic mass is 16.5. The first-order chi connectivity index (χ1) is 23.5. The molecule has 0 aliphatic rings. The Kier molecular flexibility index (Phi) is 15.8. The van der Waals surface area contributed by atoms with Gasteiger partial charge in [0.1, 0.15) is 5.75 Å². The van der Waals surface area contributed by atoms with Crippen LogP contribution in [0, 0.1) is 12.3 Å². The second-order valence-corrected chi connectivity index (χ2v) is 13.1. The Morgan fingerprint density at radius 3 is 1.55 bits per heavy atom. The van der Waals surface area contributed by atoms with Gasteiger partial charge < -0.3 is 24.4 Å². The van der Waals surface area contributed by atoms with Crippen molar-refractivity contribution in [1.82, 2.24) is 0 Å². The van der Waals surface area contributed by atoms with Gasteiger partial charge in [0.15, 0.2) is 0 Å². The summed E-state index contributed by atoms with van der Waals surface area (Å²) in [5, 5.41) is 20.4. The molecular formula is C42H54O7. The number of hydrogen-bond donors (Lipinski definition) is 2. The van der Waals surface area contributed by atoms with E-state index in [0.29, 0.717) is 56.3 Å². The molecule has 7 nitrogen and oxygen atoms in total. The van der Waals surface area contributed by atoms with E-state index in [4.69, 9.17) is 14.2 Å². The summed E-state index contributed by atoms with van der Waals surface area (Å²) in [6.07, 6.45) is 5.41. The monoisotopic (exact) mass is 670 g/mol. The summed E-state index contributed by atoms with van der Waals surface area (Å²) < 4.78 is 17.3. The molecule has 264 valence electrons. The first kappa shape index (κ1) is 39.2. The van der Waals surface area contributed by atoms with Crippen LogP contribution in [0.3, 0.4) is 0 Å². The van der Waals surface area contributed by atoms with Crippen LogP contribution in [0.1, 0.15) is 76.0 Å². The average molecular weight is 671 g/mol. The molecule has 0 bridgehead atoms. The molecule has 7 heteroatoms. The largest absolute Gasteiger partial charge is 0.493 e. The minimum atomic E-state index is -0.622. The summed E-state index contributed by atoms with van der Waals surface area (Å²) in [4.78, 5) is 24.1. The molecule has 0 radical (unpaired) electrons. The van der Waals surface area contributed by atoms with Crippen molar-refractivity contribution in [3.05, 3.63) is 102 Å². The minimum Gasteiger partial charge on any atom is -0.493 e. The third-order valence-corrected chi connectivity index (χ3v) is 8.80. The summed E-state index contributed by atoms with van der Waals surface area (Å²) in [6.45, 7) is 15.3. The Hall–Kier alpha value is -4.20. The molecule has 0 atom stereocenters. The van der Waals surface area contributed by atoms with Gasteiger partial charge in [0.05, 0.1) is 33.0 Å². The zero-order valence-corrected chi connectivity index (χ0v) is 29.8. The molecule has 49 heavy (non-hydrogen) atoms. The van der Waals surface area contributed by atoms with Gasteiger partial charge in [0.2, 0.25) is 0 Å². The predicted octanol–water partition coefficient (Wildman–Crippen LogP) is 8.36. The maximum absolute atomic E-state index is 12.0. The Balaban J connectivity index is 1.98. The molecule has 0 aromatic heterocycles. The van der Waals surface area contributed by atoms with Gasteiger partial charge in [-0.3, -0.25) is 0 Å². The molecule has 3 rings (SSSR count). The Morgan fingerprint density at radius 1 is 0.673 bits per heavy atom. The molecule has 0 saturated heterocycles. The van der Waals surface area contributed by atoms with Crippen LogP contribution in [0.4, 0.5) is 0 Å². The molecule has 0 spiro atoms. The van der Waals surface area contributed by atoms with Crippen molar-refractivity contribution in [2.75, 3.05) is 33.0 Å². The number of aliphatic hydroxyl groups is 2. The molecule has 0 aliphatic carbocycles. The van der Waals surface area contributed by atoms with Crippen LogP contribution < -0.4 is 4.74 Å². The first-order valence-corrected chi connectivity index (χ1v) is 17.4. The highest BCUT2D eigenvalue weighted by molar-refractivity contribution is 5.87. The lowest BCUT2D eigenvalue weighted by Crippen LogP contribution is -2.32. The number of hydrogen-bond acceptors (Lipinski definition) is 7. The fourth-order valence-electron chi connectivity index (χ4n) is 5.59. The van der Waals surface area contributed by atoms with Gasteiger partial charge in [-0.15, -0.1) is 0 Å². The molecule has 3 aromatic carbocycles. The van der Waals surface area contributed by atoms with Gasteiger partial charge in [0.25, 0.3) is 0 Å². The summed E-state index contributed by atoms with van der Waals surface area (Å²) in [5.74, 6) is -0.0987. The van der Waals surface area contributed by atoms with Gasteiger partial charge in [-0.25, -0.2) is 9.59 Å². The van der Waals surface area contributed by atoms with Crippen molar-refractivity contribution < 1.29 is 34.0 Å². The lowest BCUT2D eigenvalue weighted by atomic mass is 9.81. The first-order valence-electron chi connectivity index (χ1n) is 17.4. The molecule has 0 aliphatic heterocycles. The Bertz CT molecular complexity index is 1480. The Morgan fingerprint density at radius 2 is 1.12 bits per heavy atom. The van der Waals surface area contributed by atoms with Crippen molar-refractivity contribution in [2.24, 2.45) is 5.41 Å². The van der Waals surface area contributed by atoms with E-state index in [1.165, 1.54) is 5.56 Å². The third kappa shape index (κ3) is 12.0. The summed E-state index contributed by atoms with van der Waals surface area (Å²) in [7, 11) is 0. The van der Waals surface area contributed by atoms with E-state index in [9.17, 15) is 19.8 Å². The van der Waals surface area contributed by atoms with Gasteiger partial charge >= 0.3 is 11.9 Å².